The minimum Gasteiger partial charge on any atom is -0.384 e. The number of imidazole rings is 1. The molecule has 0 aliphatic carbocycles. The predicted molar refractivity (Wildman–Crippen MR) is 173 cm³/mol. The molecule has 4 aromatic heterocycles. The number of nitrogens with zero attached hydrogens (tertiary/aromatic N) is 5. The van der Waals surface area contributed by atoms with Crippen molar-refractivity contribution >= 4 is 39.3 Å². The van der Waals surface area contributed by atoms with Crippen molar-refractivity contribution in [1.29, 1.82) is 0 Å². The second kappa shape index (κ2) is 12.8. The SMILES string of the molecule is CCCCC(=O)Nc1cncc(-c2cc(F)c3n[nH]c(-c4nc5nccc(-c6cc(F)cc(NCCN(C)C)c6)c5[nH]4)c3c2)c1. The van der Waals surface area contributed by atoms with Gasteiger partial charge in [0, 0.05) is 54.1 Å². The quantitative estimate of drug-likeness (QED) is 0.130. The van der Waals surface area contributed by atoms with E-state index in [1.165, 1.54) is 18.2 Å². The lowest BCUT2D eigenvalue weighted by molar-refractivity contribution is -0.116. The van der Waals surface area contributed by atoms with Crippen LogP contribution in [0.4, 0.5) is 20.2 Å². The summed E-state index contributed by atoms with van der Waals surface area (Å²) >= 11 is 0. The molecule has 0 unspecified atom stereocenters. The minimum atomic E-state index is -0.522. The fourth-order valence-electron chi connectivity index (χ4n) is 5.19. The lowest BCUT2D eigenvalue weighted by Crippen LogP contribution is -2.20. The third-order valence-corrected chi connectivity index (χ3v) is 7.45. The minimum absolute atomic E-state index is 0.0949. The van der Waals surface area contributed by atoms with Crippen LogP contribution in [-0.2, 0) is 4.79 Å². The number of aromatic amines is 2. The van der Waals surface area contributed by atoms with Crippen molar-refractivity contribution in [3.05, 3.63) is 72.7 Å². The van der Waals surface area contributed by atoms with Gasteiger partial charge in [0.15, 0.2) is 17.3 Å². The van der Waals surface area contributed by atoms with Gasteiger partial charge >= 0.3 is 0 Å². The van der Waals surface area contributed by atoms with Gasteiger partial charge in [0.05, 0.1) is 17.4 Å². The van der Waals surface area contributed by atoms with E-state index >= 15 is 4.39 Å². The largest absolute Gasteiger partial charge is 0.384 e. The Morgan fingerprint density at radius 2 is 1.84 bits per heavy atom. The lowest BCUT2D eigenvalue weighted by Gasteiger charge is -2.13. The zero-order valence-corrected chi connectivity index (χ0v) is 25.2. The summed E-state index contributed by atoms with van der Waals surface area (Å²) in [6.07, 6.45) is 6.92. The van der Waals surface area contributed by atoms with Crippen molar-refractivity contribution in [2.45, 2.75) is 26.2 Å². The molecule has 0 atom stereocenters. The maximum absolute atomic E-state index is 15.3. The molecule has 12 heteroatoms. The smallest absolute Gasteiger partial charge is 0.224 e. The van der Waals surface area contributed by atoms with E-state index in [2.05, 4.69) is 40.8 Å². The third-order valence-electron chi connectivity index (χ3n) is 7.45. The molecule has 6 rings (SSSR count). The van der Waals surface area contributed by atoms with Crippen molar-refractivity contribution in [2.24, 2.45) is 0 Å². The van der Waals surface area contributed by atoms with Gasteiger partial charge in [-0.25, -0.2) is 18.7 Å². The van der Waals surface area contributed by atoms with E-state index in [1.807, 2.05) is 32.0 Å². The first kappa shape index (κ1) is 29.8. The van der Waals surface area contributed by atoms with Crippen molar-refractivity contribution < 1.29 is 13.6 Å². The fourth-order valence-corrected chi connectivity index (χ4v) is 5.19. The van der Waals surface area contributed by atoms with Gasteiger partial charge in [-0.1, -0.05) is 13.3 Å². The summed E-state index contributed by atoms with van der Waals surface area (Å²) in [6, 6.07) is 11.6. The highest BCUT2D eigenvalue weighted by Gasteiger charge is 2.19. The highest BCUT2D eigenvalue weighted by molar-refractivity contribution is 5.98. The number of hydrogen-bond donors (Lipinski definition) is 4. The number of pyridine rings is 2. The first-order valence-electron chi connectivity index (χ1n) is 14.8. The number of nitrogens with one attached hydrogen (secondary N) is 4. The summed E-state index contributed by atoms with van der Waals surface area (Å²) < 4.78 is 30.0. The number of likely N-dealkylation sites (N-methyl/N-ethyl adjacent to an activating group) is 1. The van der Waals surface area contributed by atoms with Crippen LogP contribution in [-0.4, -0.2) is 68.1 Å². The molecule has 4 heterocycles. The molecule has 1 amide bonds. The Hall–Kier alpha value is -5.23. The number of aromatic nitrogens is 6. The van der Waals surface area contributed by atoms with E-state index in [0.717, 1.165) is 19.4 Å². The molecule has 0 saturated carbocycles. The van der Waals surface area contributed by atoms with E-state index < -0.39 is 5.82 Å². The van der Waals surface area contributed by atoms with Gasteiger partial charge in [-0.2, -0.15) is 5.10 Å². The molecule has 230 valence electrons. The van der Waals surface area contributed by atoms with E-state index in [9.17, 15) is 9.18 Å². The van der Waals surface area contributed by atoms with Gasteiger partial charge < -0.3 is 20.5 Å². The average Bonchev–Trinajstić information content (AvgIpc) is 3.64. The Kier molecular flexibility index (Phi) is 8.47. The molecule has 45 heavy (non-hydrogen) atoms. The molecule has 6 aromatic rings. The molecular weight excluding hydrogens is 576 g/mol. The van der Waals surface area contributed by atoms with Gasteiger partial charge in [-0.05, 0) is 74.1 Å². The summed E-state index contributed by atoms with van der Waals surface area (Å²) in [4.78, 5) is 30.9. The first-order valence-corrected chi connectivity index (χ1v) is 14.8. The zero-order valence-electron chi connectivity index (χ0n) is 25.2. The van der Waals surface area contributed by atoms with Gasteiger partial charge in [0.2, 0.25) is 5.91 Å². The Morgan fingerprint density at radius 3 is 2.67 bits per heavy atom. The summed E-state index contributed by atoms with van der Waals surface area (Å²) in [7, 11) is 3.96. The summed E-state index contributed by atoms with van der Waals surface area (Å²) in [5.74, 6) is -0.583. The number of amides is 1. The zero-order chi connectivity index (χ0) is 31.5. The lowest BCUT2D eigenvalue weighted by atomic mass is 10.0. The molecule has 0 fully saturated rings. The molecule has 2 aromatic carbocycles. The van der Waals surface area contributed by atoms with Crippen LogP contribution in [0.15, 0.2) is 61.1 Å². The maximum Gasteiger partial charge on any atom is 0.224 e. The summed E-state index contributed by atoms with van der Waals surface area (Å²) in [5.41, 5.74) is 5.40. The number of halogens is 2. The molecule has 4 N–H and O–H groups in total. The van der Waals surface area contributed by atoms with Crippen molar-refractivity contribution in [3.8, 4) is 33.8 Å². The van der Waals surface area contributed by atoms with Crippen molar-refractivity contribution in [2.75, 3.05) is 37.8 Å². The average molecular weight is 610 g/mol. The van der Waals surface area contributed by atoms with Crippen LogP contribution in [0.25, 0.3) is 55.8 Å². The van der Waals surface area contributed by atoms with Crippen LogP contribution in [0.1, 0.15) is 26.2 Å². The normalized spacial score (nSPS) is 11.5. The number of carbonyl (C=O) groups excluding carboxylic acids is 1. The van der Waals surface area contributed by atoms with E-state index in [4.69, 9.17) is 0 Å². The number of fused-ring (bicyclic) bond motifs is 2. The number of unbranched alkanes of at least 4 members (excludes halogenated alkanes) is 1. The van der Waals surface area contributed by atoms with Crippen molar-refractivity contribution in [1.82, 2.24) is 35.0 Å². The Labute approximate surface area is 258 Å². The van der Waals surface area contributed by atoms with Gasteiger partial charge in [0.1, 0.15) is 17.0 Å². The number of benzene rings is 2. The maximum atomic E-state index is 15.3. The second-order valence-electron chi connectivity index (χ2n) is 11.2. The van der Waals surface area contributed by atoms with E-state index in [0.29, 0.717) is 74.7 Å². The number of rotatable bonds is 11. The molecule has 10 nitrogen and oxygen atoms in total. The van der Waals surface area contributed by atoms with Crippen LogP contribution >= 0.6 is 0 Å². The Morgan fingerprint density at radius 1 is 1.00 bits per heavy atom. The number of carbonyl (C=O) groups is 1. The standard InChI is InChI=1S/C33H33F2N9O/c1-4-5-6-28(45)39-24-13-21(17-36-18-24)19-14-26-29(27(35)15-19)42-43-31(26)33-40-30-25(7-8-38-32(30)41-33)20-11-22(34)16-23(12-20)37-9-10-44(2)3/h7-8,11-18,37H,4-6,9-10H2,1-3H3,(H,39,45)(H,42,43)(H,38,40,41). The first-order chi connectivity index (χ1) is 21.8. The van der Waals surface area contributed by atoms with Crippen LogP contribution in [0.2, 0.25) is 0 Å². The number of anilines is 2. The molecule has 0 radical (unpaired) electrons. The second-order valence-corrected chi connectivity index (χ2v) is 11.2. The monoisotopic (exact) mass is 609 g/mol. The van der Waals surface area contributed by atoms with E-state index in [-0.39, 0.29) is 17.2 Å². The number of H-pyrrole nitrogens is 2. The summed E-state index contributed by atoms with van der Waals surface area (Å²) in [5, 5.41) is 13.8. The van der Waals surface area contributed by atoms with Crippen LogP contribution < -0.4 is 10.6 Å². The van der Waals surface area contributed by atoms with Crippen LogP contribution in [0, 0.1) is 11.6 Å². The third kappa shape index (κ3) is 6.50. The van der Waals surface area contributed by atoms with Crippen molar-refractivity contribution in [3.63, 3.8) is 0 Å². The van der Waals surface area contributed by atoms with E-state index in [1.54, 1.807) is 36.8 Å². The molecule has 0 saturated heterocycles. The molecule has 0 spiro atoms. The Bertz CT molecular complexity index is 2000. The van der Waals surface area contributed by atoms with Gasteiger partial charge in [-0.3, -0.25) is 14.9 Å². The molecule has 0 bridgehead atoms. The van der Waals surface area contributed by atoms with Gasteiger partial charge in [-0.15, -0.1) is 0 Å². The highest BCUT2D eigenvalue weighted by Crippen LogP contribution is 2.35. The predicted octanol–water partition coefficient (Wildman–Crippen LogP) is 6.61. The van der Waals surface area contributed by atoms with Crippen LogP contribution in [0.3, 0.4) is 0 Å². The molecule has 0 aliphatic heterocycles. The molecule has 0 aliphatic rings. The van der Waals surface area contributed by atoms with Crippen LogP contribution in [0.5, 0.6) is 0 Å². The fraction of sp³-hybridized carbons (Fsp3) is 0.242. The van der Waals surface area contributed by atoms with Gasteiger partial charge in [0.25, 0.3) is 0 Å². The highest BCUT2D eigenvalue weighted by atomic mass is 19.1. The topological polar surface area (TPSA) is 128 Å². The number of hydrogen-bond acceptors (Lipinski definition) is 7. The summed E-state index contributed by atoms with van der Waals surface area (Å²) in [6.45, 7) is 3.49. The Balaban J connectivity index is 1.36. The molecular formula is C33H33F2N9O.